The first-order valence-electron chi connectivity index (χ1n) is 10.6. The van der Waals surface area contributed by atoms with Gasteiger partial charge in [-0.25, -0.2) is 14.4 Å². The largest absolute Gasteiger partial charge is 0.454 e. The van der Waals surface area contributed by atoms with E-state index in [-0.39, 0.29) is 11.3 Å². The number of cyclic esters (lactones) is 1. The minimum Gasteiger partial charge on any atom is -0.454 e. The molecular formula is C25H18BrN3O6. The number of anilines is 1. The first-order valence-corrected chi connectivity index (χ1v) is 11.4. The fourth-order valence-electron chi connectivity index (χ4n) is 3.93. The van der Waals surface area contributed by atoms with E-state index in [1.165, 1.54) is 12.1 Å². The van der Waals surface area contributed by atoms with Gasteiger partial charge in [-0.15, -0.1) is 0 Å². The fraction of sp³-hybridized carbons (Fsp3) is 0.120. The minimum atomic E-state index is -0.692. The molecule has 0 radical (unpaired) electrons. The molecule has 5 rings (SSSR count). The van der Waals surface area contributed by atoms with Crippen LogP contribution in [0.15, 0.2) is 69.9 Å². The van der Waals surface area contributed by atoms with Crippen LogP contribution in [0.1, 0.15) is 37.9 Å². The Bertz CT molecular complexity index is 1530. The zero-order chi connectivity index (χ0) is 24.5. The van der Waals surface area contributed by atoms with Crippen LogP contribution in [-0.4, -0.2) is 34.4 Å². The van der Waals surface area contributed by atoms with Crippen molar-refractivity contribution in [2.24, 2.45) is 0 Å². The minimum absolute atomic E-state index is 0.227. The lowest BCUT2D eigenvalue weighted by atomic mass is 9.93. The Morgan fingerprint density at radius 2 is 1.77 bits per heavy atom. The number of halogens is 1. The SMILES string of the molecule is O=C(COC(=O)c1ccc2c(c1)C[C@@H](c1ccccc1)OC2=O)Nc1cc2[nH]c(=O)[nH]c2cc1Br. The Morgan fingerprint density at radius 1 is 1.03 bits per heavy atom. The summed E-state index contributed by atoms with van der Waals surface area (Å²) in [6.45, 7) is -0.515. The molecule has 3 aromatic carbocycles. The van der Waals surface area contributed by atoms with E-state index in [4.69, 9.17) is 9.47 Å². The number of H-pyrrole nitrogens is 2. The van der Waals surface area contributed by atoms with Crippen LogP contribution in [0.5, 0.6) is 0 Å². The highest BCUT2D eigenvalue weighted by atomic mass is 79.9. The molecule has 176 valence electrons. The van der Waals surface area contributed by atoms with Gasteiger partial charge in [0.2, 0.25) is 0 Å². The van der Waals surface area contributed by atoms with E-state index in [0.717, 1.165) is 5.56 Å². The van der Waals surface area contributed by atoms with Crippen LogP contribution >= 0.6 is 15.9 Å². The quantitative estimate of drug-likeness (QED) is 0.332. The Labute approximate surface area is 206 Å². The standard InChI is InChI=1S/C25H18BrN3O6/c26-17-10-19-20(29-25(33)28-19)11-18(17)27-22(30)12-34-23(31)14-6-7-16-15(8-14)9-21(35-24(16)32)13-4-2-1-3-5-13/h1-8,10-11,21H,9,12H2,(H,27,30)(H2,28,29,33)/t21-/m0/s1. The van der Waals surface area contributed by atoms with Gasteiger partial charge < -0.3 is 24.8 Å². The molecule has 0 spiro atoms. The van der Waals surface area contributed by atoms with Crippen molar-refractivity contribution in [2.75, 3.05) is 11.9 Å². The smallest absolute Gasteiger partial charge is 0.339 e. The van der Waals surface area contributed by atoms with Crippen molar-refractivity contribution in [1.29, 1.82) is 0 Å². The zero-order valence-electron chi connectivity index (χ0n) is 18.1. The highest BCUT2D eigenvalue weighted by Crippen LogP contribution is 2.31. The van der Waals surface area contributed by atoms with Crippen LogP contribution in [-0.2, 0) is 20.7 Å². The number of esters is 2. The summed E-state index contributed by atoms with van der Waals surface area (Å²) in [4.78, 5) is 54.1. The normalized spacial score (nSPS) is 14.8. The summed E-state index contributed by atoms with van der Waals surface area (Å²) >= 11 is 3.34. The number of ether oxygens (including phenoxy) is 2. The number of nitrogens with one attached hydrogen (secondary N) is 3. The van der Waals surface area contributed by atoms with E-state index >= 15 is 0 Å². The lowest BCUT2D eigenvalue weighted by Crippen LogP contribution is -2.23. The van der Waals surface area contributed by atoms with Crippen LogP contribution in [0.2, 0.25) is 0 Å². The summed E-state index contributed by atoms with van der Waals surface area (Å²) in [5, 5.41) is 2.64. The number of carbonyl (C=O) groups excluding carboxylic acids is 3. The van der Waals surface area contributed by atoms with E-state index in [9.17, 15) is 19.2 Å². The van der Waals surface area contributed by atoms with Gasteiger partial charge in [0.15, 0.2) is 6.61 Å². The molecule has 2 heterocycles. The molecule has 0 saturated heterocycles. The van der Waals surface area contributed by atoms with E-state index < -0.39 is 30.6 Å². The van der Waals surface area contributed by atoms with E-state index in [1.54, 1.807) is 18.2 Å². The summed E-state index contributed by atoms with van der Waals surface area (Å²) in [6.07, 6.45) is -0.0243. The molecule has 0 saturated carbocycles. The Hall–Kier alpha value is -4.18. The molecular weight excluding hydrogens is 518 g/mol. The number of fused-ring (bicyclic) bond motifs is 2. The van der Waals surface area contributed by atoms with Crippen molar-refractivity contribution in [1.82, 2.24) is 9.97 Å². The summed E-state index contributed by atoms with van der Waals surface area (Å²) in [7, 11) is 0. The Balaban J connectivity index is 1.25. The second-order valence-electron chi connectivity index (χ2n) is 7.96. The molecule has 0 fully saturated rings. The number of carbonyl (C=O) groups is 3. The van der Waals surface area contributed by atoms with Gasteiger partial charge >= 0.3 is 17.6 Å². The topological polar surface area (TPSA) is 130 Å². The van der Waals surface area contributed by atoms with Gasteiger partial charge in [0.1, 0.15) is 6.10 Å². The summed E-state index contributed by atoms with van der Waals surface area (Å²) in [5.41, 5.74) is 3.31. The monoisotopic (exact) mass is 535 g/mol. The van der Waals surface area contributed by atoms with Crippen LogP contribution < -0.4 is 11.0 Å². The average Bonchev–Trinajstić information content (AvgIpc) is 3.21. The summed E-state index contributed by atoms with van der Waals surface area (Å²) in [6, 6.07) is 17.2. The molecule has 0 aliphatic carbocycles. The number of aromatic nitrogens is 2. The molecule has 9 nitrogen and oxygen atoms in total. The first kappa shape index (κ1) is 22.6. The third-order valence-electron chi connectivity index (χ3n) is 5.60. The van der Waals surface area contributed by atoms with Crippen molar-refractivity contribution in [3.8, 4) is 0 Å². The third kappa shape index (κ3) is 4.73. The predicted octanol–water partition coefficient (Wildman–Crippen LogP) is 3.87. The second kappa shape index (κ2) is 9.22. The maximum absolute atomic E-state index is 12.6. The molecule has 0 bridgehead atoms. The molecule has 0 unspecified atom stereocenters. The molecule has 1 aliphatic heterocycles. The number of imidazole rings is 1. The predicted molar refractivity (Wildman–Crippen MR) is 130 cm³/mol. The average molecular weight is 536 g/mol. The number of rotatable bonds is 5. The van der Waals surface area contributed by atoms with Gasteiger partial charge in [0.25, 0.3) is 5.91 Å². The number of amides is 1. The molecule has 4 aromatic rings. The van der Waals surface area contributed by atoms with Crippen molar-refractivity contribution < 1.29 is 23.9 Å². The van der Waals surface area contributed by atoms with Gasteiger partial charge in [-0.05, 0) is 57.4 Å². The number of aromatic amines is 2. The second-order valence-corrected chi connectivity index (χ2v) is 8.82. The van der Waals surface area contributed by atoms with Gasteiger partial charge in [0, 0.05) is 10.9 Å². The third-order valence-corrected chi connectivity index (χ3v) is 6.25. The van der Waals surface area contributed by atoms with Crippen molar-refractivity contribution >= 4 is 50.5 Å². The number of hydrogen-bond acceptors (Lipinski definition) is 6. The van der Waals surface area contributed by atoms with Crippen molar-refractivity contribution in [2.45, 2.75) is 12.5 Å². The molecule has 10 heteroatoms. The molecule has 1 aromatic heterocycles. The van der Waals surface area contributed by atoms with Gasteiger partial charge in [-0.1, -0.05) is 30.3 Å². The van der Waals surface area contributed by atoms with E-state index in [0.29, 0.717) is 38.7 Å². The fourth-order valence-corrected chi connectivity index (χ4v) is 4.37. The summed E-state index contributed by atoms with van der Waals surface area (Å²) < 4.78 is 11.3. The van der Waals surface area contributed by atoms with Crippen LogP contribution in [0.3, 0.4) is 0 Å². The maximum Gasteiger partial charge on any atom is 0.339 e. The van der Waals surface area contributed by atoms with Crippen LogP contribution in [0.4, 0.5) is 5.69 Å². The van der Waals surface area contributed by atoms with Crippen LogP contribution in [0.25, 0.3) is 11.0 Å². The van der Waals surface area contributed by atoms with E-state index in [1.807, 2.05) is 30.3 Å². The first-order chi connectivity index (χ1) is 16.9. The lowest BCUT2D eigenvalue weighted by molar-refractivity contribution is -0.119. The Morgan fingerprint density at radius 3 is 2.54 bits per heavy atom. The Kier molecular flexibility index (Phi) is 5.96. The molecule has 1 amide bonds. The molecule has 1 aliphatic rings. The summed E-state index contributed by atoms with van der Waals surface area (Å²) in [5.74, 6) is -1.70. The lowest BCUT2D eigenvalue weighted by Gasteiger charge is -2.25. The highest BCUT2D eigenvalue weighted by Gasteiger charge is 2.28. The highest BCUT2D eigenvalue weighted by molar-refractivity contribution is 9.10. The molecule has 35 heavy (non-hydrogen) atoms. The van der Waals surface area contributed by atoms with Crippen molar-refractivity contribution in [3.63, 3.8) is 0 Å². The van der Waals surface area contributed by atoms with E-state index in [2.05, 4.69) is 31.2 Å². The van der Waals surface area contributed by atoms with Crippen molar-refractivity contribution in [3.05, 3.63) is 97.9 Å². The van der Waals surface area contributed by atoms with Gasteiger partial charge in [-0.2, -0.15) is 0 Å². The van der Waals surface area contributed by atoms with Gasteiger partial charge in [0.05, 0.1) is 27.8 Å². The zero-order valence-corrected chi connectivity index (χ0v) is 19.7. The maximum atomic E-state index is 12.6. The van der Waals surface area contributed by atoms with Gasteiger partial charge in [-0.3, -0.25) is 4.79 Å². The van der Waals surface area contributed by atoms with Crippen LogP contribution in [0, 0.1) is 0 Å². The molecule has 3 N–H and O–H groups in total. The number of benzene rings is 3. The number of hydrogen-bond donors (Lipinski definition) is 3. The molecule has 1 atom stereocenters.